The number of alkyl carbamates (subject to hydrolysis) is 1. The largest absolute Gasteiger partial charge is 0.444 e. The van der Waals surface area contributed by atoms with Crippen molar-refractivity contribution >= 4 is 15.9 Å². The first kappa shape index (κ1) is 19.1. The van der Waals surface area contributed by atoms with Crippen molar-refractivity contribution < 1.29 is 32.5 Å². The lowest BCUT2D eigenvalue weighted by molar-refractivity contribution is 0.0414. The smallest absolute Gasteiger partial charge is 0.408 e. The molecule has 1 fully saturated rings. The third-order valence-electron chi connectivity index (χ3n) is 2.74. The van der Waals surface area contributed by atoms with Crippen LogP contribution in [-0.4, -0.2) is 68.4 Å². The maximum Gasteiger partial charge on any atom is 0.408 e. The van der Waals surface area contributed by atoms with E-state index in [1.807, 2.05) is 0 Å². The van der Waals surface area contributed by atoms with Crippen molar-refractivity contribution in [3.8, 4) is 0 Å². The monoisotopic (exact) mass is 339 g/mol. The van der Waals surface area contributed by atoms with Crippen LogP contribution in [0.1, 0.15) is 27.7 Å². The Hall–Kier alpha value is -0.900. The summed E-state index contributed by atoms with van der Waals surface area (Å²) in [5.74, 6) is -0.494. The van der Waals surface area contributed by atoms with Crippen LogP contribution >= 0.6 is 0 Å². The molecule has 4 unspecified atom stereocenters. The first-order valence-electron chi connectivity index (χ1n) is 7.05. The van der Waals surface area contributed by atoms with Gasteiger partial charge in [0.15, 0.2) is 6.29 Å². The second kappa shape index (κ2) is 7.12. The van der Waals surface area contributed by atoms with Crippen molar-refractivity contribution in [3.63, 3.8) is 0 Å². The number of hydrogen-bond donors (Lipinski definition) is 2. The van der Waals surface area contributed by atoms with Gasteiger partial charge in [-0.05, 0) is 27.7 Å². The number of ether oxygens (including phenoxy) is 3. The molecule has 8 nitrogen and oxygen atoms in total. The van der Waals surface area contributed by atoms with Crippen LogP contribution in [0.5, 0.6) is 0 Å². The lowest BCUT2D eigenvalue weighted by Crippen LogP contribution is -2.51. The molecular formula is C13H25NO7S. The maximum absolute atomic E-state index is 11.8. The molecule has 1 amide bonds. The molecule has 0 aromatic carbocycles. The summed E-state index contributed by atoms with van der Waals surface area (Å²) in [5, 5.41) is 12.6. The zero-order chi connectivity index (χ0) is 17.1. The standard InChI is InChI=1S/C13H25NO7S/c1-6-19-11-10(20-11)9(8(15)7-22(5,17)18)14-12(16)21-13(2,3)4/h8-11,15H,6-7H2,1-5H3,(H,14,16). The van der Waals surface area contributed by atoms with Crippen LogP contribution in [0.4, 0.5) is 4.79 Å². The number of aliphatic hydroxyl groups excluding tert-OH is 1. The van der Waals surface area contributed by atoms with E-state index >= 15 is 0 Å². The number of carbonyl (C=O) groups excluding carboxylic acids is 1. The fourth-order valence-corrected chi connectivity index (χ4v) is 2.74. The van der Waals surface area contributed by atoms with E-state index in [9.17, 15) is 18.3 Å². The molecule has 1 saturated heterocycles. The van der Waals surface area contributed by atoms with E-state index in [-0.39, 0.29) is 0 Å². The van der Waals surface area contributed by atoms with Crippen molar-refractivity contribution in [1.29, 1.82) is 0 Å². The topological polar surface area (TPSA) is 114 Å². The Balaban J connectivity index is 2.73. The first-order chi connectivity index (χ1) is 9.93. The number of hydrogen-bond acceptors (Lipinski definition) is 7. The molecule has 1 aliphatic heterocycles. The summed E-state index contributed by atoms with van der Waals surface area (Å²) in [6.45, 7) is 7.28. The van der Waals surface area contributed by atoms with Crippen molar-refractivity contribution in [3.05, 3.63) is 0 Å². The molecule has 0 spiro atoms. The number of nitrogens with one attached hydrogen (secondary N) is 1. The van der Waals surface area contributed by atoms with Crippen LogP contribution < -0.4 is 5.32 Å². The molecule has 1 aliphatic rings. The van der Waals surface area contributed by atoms with Crippen LogP contribution in [0.25, 0.3) is 0 Å². The second-order valence-electron chi connectivity index (χ2n) is 6.26. The van der Waals surface area contributed by atoms with E-state index in [1.165, 1.54) is 0 Å². The Kier molecular flexibility index (Phi) is 6.19. The normalized spacial score (nSPS) is 24.5. The number of epoxide rings is 1. The van der Waals surface area contributed by atoms with Gasteiger partial charge in [-0.3, -0.25) is 0 Å². The van der Waals surface area contributed by atoms with Crippen LogP contribution in [0.3, 0.4) is 0 Å². The van der Waals surface area contributed by atoms with Gasteiger partial charge in [-0.2, -0.15) is 0 Å². The van der Waals surface area contributed by atoms with Crippen LogP contribution in [0.15, 0.2) is 0 Å². The minimum Gasteiger partial charge on any atom is -0.444 e. The van der Waals surface area contributed by atoms with Crippen molar-refractivity contribution in [1.82, 2.24) is 5.32 Å². The van der Waals surface area contributed by atoms with Gasteiger partial charge in [-0.15, -0.1) is 0 Å². The zero-order valence-electron chi connectivity index (χ0n) is 13.5. The fourth-order valence-electron chi connectivity index (χ4n) is 1.92. The predicted octanol–water partition coefficient (Wildman–Crippen LogP) is 0.0466. The Morgan fingerprint density at radius 2 is 2.00 bits per heavy atom. The highest BCUT2D eigenvalue weighted by Crippen LogP contribution is 2.28. The molecule has 1 rings (SSSR count). The van der Waals surface area contributed by atoms with E-state index in [0.29, 0.717) is 6.61 Å². The highest BCUT2D eigenvalue weighted by molar-refractivity contribution is 7.90. The Morgan fingerprint density at radius 3 is 2.45 bits per heavy atom. The molecule has 0 aromatic rings. The molecule has 2 N–H and O–H groups in total. The minimum atomic E-state index is -3.41. The third kappa shape index (κ3) is 6.91. The molecule has 9 heteroatoms. The number of amides is 1. The number of sulfone groups is 1. The van der Waals surface area contributed by atoms with Gasteiger partial charge in [0.2, 0.25) is 0 Å². The summed E-state index contributed by atoms with van der Waals surface area (Å²) in [6.07, 6.45) is -2.24. The highest BCUT2D eigenvalue weighted by atomic mass is 32.2. The molecule has 0 saturated carbocycles. The van der Waals surface area contributed by atoms with E-state index < -0.39 is 51.8 Å². The van der Waals surface area contributed by atoms with Crippen molar-refractivity contribution in [2.24, 2.45) is 0 Å². The summed E-state index contributed by atoms with van der Waals surface area (Å²) in [5.41, 5.74) is -0.708. The van der Waals surface area contributed by atoms with E-state index in [0.717, 1.165) is 6.26 Å². The van der Waals surface area contributed by atoms with E-state index in [4.69, 9.17) is 14.2 Å². The van der Waals surface area contributed by atoms with Gasteiger partial charge in [-0.25, -0.2) is 13.2 Å². The molecule has 0 radical (unpaired) electrons. The molecule has 0 bridgehead atoms. The minimum absolute atomic E-state index is 0.405. The molecule has 4 atom stereocenters. The van der Waals surface area contributed by atoms with Gasteiger partial charge < -0.3 is 24.6 Å². The first-order valence-corrected chi connectivity index (χ1v) is 9.11. The quantitative estimate of drug-likeness (QED) is 0.630. The number of rotatable bonds is 7. The molecular weight excluding hydrogens is 314 g/mol. The summed E-state index contributed by atoms with van der Waals surface area (Å²) >= 11 is 0. The molecule has 1 heterocycles. The average Bonchev–Trinajstić information content (AvgIpc) is 3.00. The number of aliphatic hydroxyl groups is 1. The summed E-state index contributed by atoms with van der Waals surface area (Å²) in [7, 11) is -3.41. The average molecular weight is 339 g/mol. The van der Waals surface area contributed by atoms with Crippen LogP contribution in [-0.2, 0) is 24.0 Å². The van der Waals surface area contributed by atoms with Gasteiger partial charge in [0.1, 0.15) is 21.5 Å². The summed E-state index contributed by atoms with van der Waals surface area (Å²) in [6, 6.07) is -0.930. The lowest BCUT2D eigenvalue weighted by atomic mass is 10.1. The van der Waals surface area contributed by atoms with Gasteiger partial charge >= 0.3 is 6.09 Å². The Morgan fingerprint density at radius 1 is 1.41 bits per heavy atom. The van der Waals surface area contributed by atoms with Gasteiger partial charge in [0.05, 0.1) is 17.9 Å². The van der Waals surface area contributed by atoms with Crippen molar-refractivity contribution in [2.75, 3.05) is 18.6 Å². The summed E-state index contributed by atoms with van der Waals surface area (Å²) < 4.78 is 38.3. The molecule has 22 heavy (non-hydrogen) atoms. The highest BCUT2D eigenvalue weighted by Gasteiger charge is 2.50. The molecule has 0 aliphatic carbocycles. The van der Waals surface area contributed by atoms with Crippen molar-refractivity contribution in [2.45, 2.75) is 57.8 Å². The van der Waals surface area contributed by atoms with E-state index in [1.54, 1.807) is 27.7 Å². The Bertz CT molecular complexity index is 485. The van der Waals surface area contributed by atoms with Crippen LogP contribution in [0, 0.1) is 0 Å². The Labute approximate surface area is 131 Å². The third-order valence-corrected chi connectivity index (χ3v) is 3.69. The fraction of sp³-hybridized carbons (Fsp3) is 0.923. The number of carbonyl (C=O) groups is 1. The van der Waals surface area contributed by atoms with Gasteiger partial charge in [0.25, 0.3) is 0 Å². The molecule has 0 aromatic heterocycles. The second-order valence-corrected chi connectivity index (χ2v) is 8.44. The van der Waals surface area contributed by atoms with Gasteiger partial charge in [0, 0.05) is 12.9 Å². The predicted molar refractivity (Wildman–Crippen MR) is 79.2 cm³/mol. The van der Waals surface area contributed by atoms with E-state index in [2.05, 4.69) is 5.32 Å². The maximum atomic E-state index is 11.8. The van der Waals surface area contributed by atoms with Gasteiger partial charge in [-0.1, -0.05) is 0 Å². The summed E-state index contributed by atoms with van der Waals surface area (Å²) in [4.78, 5) is 11.8. The lowest BCUT2D eigenvalue weighted by Gasteiger charge is -2.25. The molecule has 130 valence electrons. The SMILES string of the molecule is CCOC1OC1C(NC(=O)OC(C)(C)C)C(O)CS(C)(=O)=O. The van der Waals surface area contributed by atoms with Crippen LogP contribution in [0.2, 0.25) is 0 Å². The zero-order valence-corrected chi connectivity index (χ0v) is 14.3.